The first-order chi connectivity index (χ1) is 4.74. The summed E-state index contributed by atoms with van der Waals surface area (Å²) in [5.74, 6) is -0.601. The van der Waals surface area contributed by atoms with Crippen LogP contribution in [0.25, 0.3) is 0 Å². The van der Waals surface area contributed by atoms with Crippen LogP contribution in [0.4, 0.5) is 0 Å². The van der Waals surface area contributed by atoms with Gasteiger partial charge in [-0.25, -0.2) is 0 Å². The summed E-state index contributed by atoms with van der Waals surface area (Å²) in [5, 5.41) is 14.5. The van der Waals surface area contributed by atoms with Gasteiger partial charge in [-0.05, 0) is 6.07 Å². The van der Waals surface area contributed by atoms with Crippen LogP contribution in [0.15, 0.2) is 6.07 Å². The van der Waals surface area contributed by atoms with E-state index in [1.165, 1.54) is 6.07 Å². The Bertz CT molecular complexity index is 243. The predicted molar refractivity (Wildman–Crippen MR) is 33.0 cm³/mol. The Kier molecular flexibility index (Phi) is 1.68. The van der Waals surface area contributed by atoms with Gasteiger partial charge in [0.1, 0.15) is 5.69 Å². The van der Waals surface area contributed by atoms with E-state index in [0.717, 1.165) is 0 Å². The highest BCUT2D eigenvalue weighted by Crippen LogP contribution is 1.96. The van der Waals surface area contributed by atoms with Crippen LogP contribution in [0.1, 0.15) is 16.2 Å². The Morgan fingerprint density at radius 3 is 2.90 bits per heavy atom. The maximum Gasteiger partial charge on any atom is 0.269 e. The Morgan fingerprint density at radius 2 is 2.60 bits per heavy atom. The lowest BCUT2D eigenvalue weighted by Crippen LogP contribution is -2.10. The van der Waals surface area contributed by atoms with E-state index in [0.29, 0.717) is 5.69 Å². The summed E-state index contributed by atoms with van der Waals surface area (Å²) < 4.78 is 0. The van der Waals surface area contributed by atoms with Gasteiger partial charge in [0.2, 0.25) is 0 Å². The Morgan fingerprint density at radius 1 is 1.90 bits per heavy atom. The zero-order valence-corrected chi connectivity index (χ0v) is 5.16. The number of carbonyl (C=O) groups excluding carboxylic acids is 1. The maximum absolute atomic E-state index is 10.4. The molecule has 0 spiro atoms. The molecule has 1 amide bonds. The normalized spacial score (nSPS) is 9.70. The van der Waals surface area contributed by atoms with Gasteiger partial charge in [0.05, 0.1) is 12.3 Å². The number of amides is 1. The largest absolute Gasteiger partial charge is 0.390 e. The van der Waals surface area contributed by atoms with Gasteiger partial charge < -0.3 is 10.8 Å². The van der Waals surface area contributed by atoms with E-state index < -0.39 is 5.91 Å². The number of carbonyl (C=O) groups is 1. The first-order valence-electron chi connectivity index (χ1n) is 2.69. The predicted octanol–water partition coefficient (Wildman–Crippen LogP) is -0.999. The molecule has 5 heteroatoms. The second-order valence-electron chi connectivity index (χ2n) is 1.80. The van der Waals surface area contributed by atoms with E-state index in [1.54, 1.807) is 0 Å². The minimum absolute atomic E-state index is 0.143. The molecule has 1 aromatic rings. The molecule has 1 heterocycles. The van der Waals surface area contributed by atoms with Gasteiger partial charge in [0, 0.05) is 0 Å². The van der Waals surface area contributed by atoms with Gasteiger partial charge >= 0.3 is 0 Å². The number of nitrogens with two attached hydrogens (primary N) is 1. The third kappa shape index (κ3) is 1.14. The number of aromatic amines is 1. The summed E-state index contributed by atoms with van der Waals surface area (Å²) in [5.41, 5.74) is 5.50. The minimum Gasteiger partial charge on any atom is -0.390 e. The van der Waals surface area contributed by atoms with Gasteiger partial charge in [0.25, 0.3) is 5.91 Å². The van der Waals surface area contributed by atoms with E-state index in [2.05, 4.69) is 10.2 Å². The lowest BCUT2D eigenvalue weighted by molar-refractivity contribution is 0.0995. The molecule has 0 radical (unpaired) electrons. The highest BCUT2D eigenvalue weighted by Gasteiger charge is 2.03. The monoisotopic (exact) mass is 141 g/mol. The number of hydrogen-bond donors (Lipinski definition) is 3. The third-order valence-electron chi connectivity index (χ3n) is 1.05. The average Bonchev–Trinajstić information content (AvgIpc) is 2.34. The molecule has 0 aromatic carbocycles. The van der Waals surface area contributed by atoms with Crippen LogP contribution in [-0.4, -0.2) is 21.2 Å². The van der Waals surface area contributed by atoms with E-state index >= 15 is 0 Å². The van der Waals surface area contributed by atoms with E-state index in [-0.39, 0.29) is 12.3 Å². The van der Waals surface area contributed by atoms with Crippen LogP contribution >= 0.6 is 0 Å². The van der Waals surface area contributed by atoms with Crippen molar-refractivity contribution in [3.8, 4) is 0 Å². The lowest BCUT2D eigenvalue weighted by atomic mass is 10.3. The number of nitrogens with one attached hydrogen (secondary N) is 1. The fraction of sp³-hybridized carbons (Fsp3) is 0.200. The van der Waals surface area contributed by atoms with Gasteiger partial charge in [-0.2, -0.15) is 5.10 Å². The quantitative estimate of drug-likeness (QED) is 0.493. The number of rotatable bonds is 2. The SMILES string of the molecule is NC(=O)c1cc(CO)[nH]n1. The molecule has 0 saturated carbocycles. The van der Waals surface area contributed by atoms with Crippen molar-refractivity contribution in [3.05, 3.63) is 17.5 Å². The van der Waals surface area contributed by atoms with Crippen LogP contribution in [0, 0.1) is 0 Å². The molecule has 0 aliphatic heterocycles. The average molecular weight is 141 g/mol. The number of aliphatic hydroxyl groups excluding tert-OH is 1. The molecule has 0 fully saturated rings. The Labute approximate surface area is 56.9 Å². The first-order valence-corrected chi connectivity index (χ1v) is 2.69. The molecule has 4 N–H and O–H groups in total. The van der Waals surface area contributed by atoms with Gasteiger partial charge in [0.15, 0.2) is 0 Å². The third-order valence-corrected chi connectivity index (χ3v) is 1.05. The van der Waals surface area contributed by atoms with Crippen LogP contribution in [0.5, 0.6) is 0 Å². The fourth-order valence-corrected chi connectivity index (χ4v) is 0.569. The van der Waals surface area contributed by atoms with Crippen molar-refractivity contribution in [2.24, 2.45) is 5.73 Å². The number of H-pyrrole nitrogens is 1. The molecule has 54 valence electrons. The van der Waals surface area contributed by atoms with Crippen molar-refractivity contribution in [2.75, 3.05) is 0 Å². The Hall–Kier alpha value is -1.36. The highest BCUT2D eigenvalue weighted by atomic mass is 16.3. The number of aliphatic hydroxyl groups is 1. The number of nitrogens with zero attached hydrogens (tertiary/aromatic N) is 1. The minimum atomic E-state index is -0.601. The molecule has 0 bridgehead atoms. The molecule has 0 unspecified atom stereocenters. The van der Waals surface area contributed by atoms with Crippen LogP contribution in [-0.2, 0) is 6.61 Å². The van der Waals surface area contributed by atoms with Crippen molar-refractivity contribution >= 4 is 5.91 Å². The molecular weight excluding hydrogens is 134 g/mol. The summed E-state index contributed by atoms with van der Waals surface area (Å²) in [7, 11) is 0. The zero-order valence-electron chi connectivity index (χ0n) is 5.16. The first kappa shape index (κ1) is 6.76. The smallest absolute Gasteiger partial charge is 0.269 e. The number of hydrogen-bond acceptors (Lipinski definition) is 3. The number of aromatic nitrogens is 2. The maximum atomic E-state index is 10.4. The van der Waals surface area contributed by atoms with Crippen LogP contribution in [0.2, 0.25) is 0 Å². The van der Waals surface area contributed by atoms with E-state index in [1.807, 2.05) is 0 Å². The zero-order chi connectivity index (χ0) is 7.56. The standard InChI is InChI=1S/C5H7N3O2/c6-5(10)4-1-3(2-9)7-8-4/h1,9H,2H2,(H2,6,10)(H,7,8). The molecule has 0 aliphatic carbocycles. The Balaban J connectivity index is 2.88. The van der Waals surface area contributed by atoms with Gasteiger partial charge in [-0.1, -0.05) is 0 Å². The summed E-state index contributed by atoms with van der Waals surface area (Å²) in [6.07, 6.45) is 0. The molecular formula is C5H7N3O2. The van der Waals surface area contributed by atoms with Crippen molar-refractivity contribution in [3.63, 3.8) is 0 Å². The second kappa shape index (κ2) is 2.49. The molecule has 0 aliphatic rings. The molecule has 0 saturated heterocycles. The van der Waals surface area contributed by atoms with E-state index in [4.69, 9.17) is 10.8 Å². The van der Waals surface area contributed by atoms with Gasteiger partial charge in [-0.15, -0.1) is 0 Å². The molecule has 0 atom stereocenters. The molecule has 5 nitrogen and oxygen atoms in total. The van der Waals surface area contributed by atoms with Crippen LogP contribution < -0.4 is 5.73 Å². The van der Waals surface area contributed by atoms with Gasteiger partial charge in [-0.3, -0.25) is 9.89 Å². The summed E-state index contributed by atoms with van der Waals surface area (Å²) in [6, 6.07) is 1.41. The summed E-state index contributed by atoms with van der Waals surface area (Å²) >= 11 is 0. The van der Waals surface area contributed by atoms with Crippen LogP contribution in [0.3, 0.4) is 0 Å². The fourth-order valence-electron chi connectivity index (χ4n) is 0.569. The van der Waals surface area contributed by atoms with Crippen molar-refractivity contribution in [1.29, 1.82) is 0 Å². The van der Waals surface area contributed by atoms with Crippen molar-refractivity contribution in [1.82, 2.24) is 10.2 Å². The second-order valence-corrected chi connectivity index (χ2v) is 1.80. The van der Waals surface area contributed by atoms with Crippen molar-refractivity contribution in [2.45, 2.75) is 6.61 Å². The summed E-state index contributed by atoms with van der Waals surface area (Å²) in [6.45, 7) is -0.166. The topological polar surface area (TPSA) is 92.0 Å². The molecule has 10 heavy (non-hydrogen) atoms. The van der Waals surface area contributed by atoms with Crippen molar-refractivity contribution < 1.29 is 9.90 Å². The highest BCUT2D eigenvalue weighted by molar-refractivity contribution is 5.90. The molecule has 1 rings (SSSR count). The van der Waals surface area contributed by atoms with E-state index in [9.17, 15) is 4.79 Å². The lowest BCUT2D eigenvalue weighted by Gasteiger charge is -1.81. The molecule has 1 aromatic heterocycles. The number of primary amides is 1. The summed E-state index contributed by atoms with van der Waals surface area (Å²) in [4.78, 5) is 10.4.